The molecule has 0 saturated heterocycles. The molecule has 0 aliphatic carbocycles. The molecule has 2 N–H and O–H groups in total. The van der Waals surface area contributed by atoms with Gasteiger partial charge in [-0.3, -0.25) is 4.99 Å². The van der Waals surface area contributed by atoms with Crippen LogP contribution in [-0.2, 0) is 5.41 Å². The average Bonchev–Trinajstić information content (AvgIpc) is 2.52. The molecule has 0 heterocycles. The average molecular weight is 311 g/mol. The zero-order chi connectivity index (χ0) is 17.0. The van der Waals surface area contributed by atoms with E-state index >= 15 is 0 Å². The fourth-order valence-corrected chi connectivity index (χ4v) is 2.48. The van der Waals surface area contributed by atoms with Crippen LogP contribution in [0.15, 0.2) is 53.5 Å². The maximum absolute atomic E-state index is 10.4. The third-order valence-electron chi connectivity index (χ3n) is 3.92. The van der Waals surface area contributed by atoms with Crippen molar-refractivity contribution in [1.29, 1.82) is 0 Å². The summed E-state index contributed by atoms with van der Waals surface area (Å²) in [5.74, 6) is 0.255. The molecule has 122 valence electrons. The number of phenols is 1. The van der Waals surface area contributed by atoms with Crippen LogP contribution < -0.4 is 0 Å². The number of aliphatic imine (C=N–C) groups is 1. The van der Waals surface area contributed by atoms with Gasteiger partial charge in [-0.05, 0) is 29.5 Å². The van der Waals surface area contributed by atoms with E-state index in [1.807, 2.05) is 55.5 Å². The first-order chi connectivity index (χ1) is 10.8. The van der Waals surface area contributed by atoms with Crippen molar-refractivity contribution in [2.24, 2.45) is 4.99 Å². The van der Waals surface area contributed by atoms with Gasteiger partial charge in [0.1, 0.15) is 11.9 Å². The van der Waals surface area contributed by atoms with Crippen molar-refractivity contribution in [2.45, 2.75) is 45.3 Å². The molecule has 23 heavy (non-hydrogen) atoms. The van der Waals surface area contributed by atoms with Crippen molar-refractivity contribution in [3.63, 3.8) is 0 Å². The Morgan fingerprint density at radius 2 is 1.65 bits per heavy atom. The van der Waals surface area contributed by atoms with Gasteiger partial charge < -0.3 is 10.2 Å². The Hall–Kier alpha value is -2.13. The van der Waals surface area contributed by atoms with E-state index in [-0.39, 0.29) is 17.2 Å². The lowest BCUT2D eigenvalue weighted by atomic mass is 9.85. The van der Waals surface area contributed by atoms with Gasteiger partial charge in [-0.15, -0.1) is 0 Å². The Labute approximate surface area is 138 Å². The minimum absolute atomic E-state index is 0.136. The number of aliphatic hydroxyl groups excluding tert-OH is 1. The first-order valence-electron chi connectivity index (χ1n) is 7.89. The van der Waals surface area contributed by atoms with Crippen LogP contribution in [0.25, 0.3) is 0 Å². The Kier molecular flexibility index (Phi) is 5.22. The topological polar surface area (TPSA) is 52.8 Å². The monoisotopic (exact) mass is 311 g/mol. The van der Waals surface area contributed by atoms with Crippen LogP contribution in [0.3, 0.4) is 0 Å². The normalized spacial score (nSPS) is 14.8. The second kappa shape index (κ2) is 6.97. The van der Waals surface area contributed by atoms with E-state index in [1.54, 1.807) is 6.21 Å². The van der Waals surface area contributed by atoms with Gasteiger partial charge >= 0.3 is 0 Å². The second-order valence-electron chi connectivity index (χ2n) is 6.87. The number of phenolic OH excluding ortho intramolecular Hbond substituents is 1. The van der Waals surface area contributed by atoms with Crippen LogP contribution in [0.4, 0.5) is 0 Å². The Morgan fingerprint density at radius 1 is 1.00 bits per heavy atom. The third-order valence-corrected chi connectivity index (χ3v) is 3.92. The third kappa shape index (κ3) is 4.20. The van der Waals surface area contributed by atoms with Crippen molar-refractivity contribution in [3.8, 4) is 5.75 Å². The summed E-state index contributed by atoms with van der Waals surface area (Å²) in [4.78, 5) is 4.42. The van der Waals surface area contributed by atoms with Gasteiger partial charge in [0.15, 0.2) is 0 Å². The second-order valence-corrected chi connectivity index (χ2v) is 6.87. The van der Waals surface area contributed by atoms with E-state index < -0.39 is 6.10 Å². The van der Waals surface area contributed by atoms with Crippen LogP contribution in [0.2, 0.25) is 0 Å². The SMILES string of the molecule is CC(N=Cc1cccc(C(C)(C)C)c1O)C(O)c1ccccc1. The minimum Gasteiger partial charge on any atom is -0.507 e. The fourth-order valence-electron chi connectivity index (χ4n) is 2.48. The van der Waals surface area contributed by atoms with Gasteiger partial charge in [-0.1, -0.05) is 63.2 Å². The zero-order valence-electron chi connectivity index (χ0n) is 14.2. The molecule has 0 fully saturated rings. The van der Waals surface area contributed by atoms with E-state index in [9.17, 15) is 10.2 Å². The van der Waals surface area contributed by atoms with Crippen LogP contribution in [0.1, 0.15) is 50.5 Å². The Morgan fingerprint density at radius 3 is 2.26 bits per heavy atom. The van der Waals surface area contributed by atoms with Gasteiger partial charge in [-0.25, -0.2) is 0 Å². The molecule has 2 aromatic carbocycles. The first kappa shape index (κ1) is 17.2. The molecule has 3 heteroatoms. The van der Waals surface area contributed by atoms with Gasteiger partial charge in [0, 0.05) is 11.8 Å². The van der Waals surface area contributed by atoms with Gasteiger partial charge in [-0.2, -0.15) is 0 Å². The summed E-state index contributed by atoms with van der Waals surface area (Å²) in [6.07, 6.45) is 0.974. The molecule has 2 aromatic rings. The number of rotatable bonds is 4. The van der Waals surface area contributed by atoms with Crippen LogP contribution in [0.5, 0.6) is 5.75 Å². The van der Waals surface area contributed by atoms with Crippen molar-refractivity contribution in [3.05, 3.63) is 65.2 Å². The molecule has 2 rings (SSSR count). The molecule has 0 amide bonds. The summed E-state index contributed by atoms with van der Waals surface area (Å²) in [6.45, 7) is 8.04. The summed E-state index contributed by atoms with van der Waals surface area (Å²) >= 11 is 0. The summed E-state index contributed by atoms with van der Waals surface area (Å²) < 4.78 is 0. The quantitative estimate of drug-likeness (QED) is 0.830. The molecule has 3 nitrogen and oxygen atoms in total. The highest BCUT2D eigenvalue weighted by atomic mass is 16.3. The molecule has 0 radical (unpaired) electrons. The maximum Gasteiger partial charge on any atom is 0.128 e. The highest BCUT2D eigenvalue weighted by molar-refractivity contribution is 5.84. The summed E-state index contributed by atoms with van der Waals surface area (Å²) in [6, 6.07) is 14.9. The molecule has 2 unspecified atom stereocenters. The van der Waals surface area contributed by atoms with E-state index in [2.05, 4.69) is 25.8 Å². The Balaban J connectivity index is 2.20. The summed E-state index contributed by atoms with van der Waals surface area (Å²) in [5, 5.41) is 20.8. The molecular formula is C20H25NO2. The van der Waals surface area contributed by atoms with E-state index in [4.69, 9.17) is 0 Å². The predicted molar refractivity (Wildman–Crippen MR) is 95.3 cm³/mol. The summed E-state index contributed by atoms with van der Waals surface area (Å²) in [5.41, 5.74) is 2.26. The van der Waals surface area contributed by atoms with Crippen LogP contribution in [0, 0.1) is 0 Å². The number of aliphatic hydroxyl groups is 1. The predicted octanol–water partition coefficient (Wildman–Crippen LogP) is 4.23. The summed E-state index contributed by atoms with van der Waals surface area (Å²) in [7, 11) is 0. The molecule has 0 aliphatic rings. The van der Waals surface area contributed by atoms with E-state index in [0.717, 1.165) is 11.1 Å². The number of aromatic hydroxyl groups is 1. The van der Waals surface area contributed by atoms with E-state index in [1.165, 1.54) is 0 Å². The first-order valence-corrected chi connectivity index (χ1v) is 7.89. The highest BCUT2D eigenvalue weighted by Crippen LogP contribution is 2.32. The smallest absolute Gasteiger partial charge is 0.128 e. The zero-order valence-corrected chi connectivity index (χ0v) is 14.2. The lowest BCUT2D eigenvalue weighted by Gasteiger charge is -2.21. The highest BCUT2D eigenvalue weighted by Gasteiger charge is 2.19. The molecule has 0 aliphatic heterocycles. The lowest BCUT2D eigenvalue weighted by molar-refractivity contribution is 0.154. The van der Waals surface area contributed by atoms with Gasteiger partial charge in [0.2, 0.25) is 0 Å². The molecule has 0 bridgehead atoms. The van der Waals surface area contributed by atoms with Crippen molar-refractivity contribution in [2.75, 3.05) is 0 Å². The van der Waals surface area contributed by atoms with Crippen LogP contribution >= 0.6 is 0 Å². The molecule has 0 saturated carbocycles. The minimum atomic E-state index is -0.666. The van der Waals surface area contributed by atoms with Crippen molar-refractivity contribution < 1.29 is 10.2 Å². The largest absolute Gasteiger partial charge is 0.507 e. The number of hydrogen-bond donors (Lipinski definition) is 2. The number of nitrogens with zero attached hydrogens (tertiary/aromatic N) is 1. The molecular weight excluding hydrogens is 286 g/mol. The van der Waals surface area contributed by atoms with Crippen LogP contribution in [-0.4, -0.2) is 22.5 Å². The molecule has 2 atom stereocenters. The van der Waals surface area contributed by atoms with Crippen molar-refractivity contribution in [1.82, 2.24) is 0 Å². The fraction of sp³-hybridized carbons (Fsp3) is 0.350. The van der Waals surface area contributed by atoms with Gasteiger partial charge in [0.05, 0.1) is 6.04 Å². The Bertz CT molecular complexity index is 672. The number of hydrogen-bond acceptors (Lipinski definition) is 3. The van der Waals surface area contributed by atoms with Gasteiger partial charge in [0.25, 0.3) is 0 Å². The number of para-hydroxylation sites is 1. The molecule has 0 aromatic heterocycles. The van der Waals surface area contributed by atoms with E-state index in [0.29, 0.717) is 5.56 Å². The van der Waals surface area contributed by atoms with Crippen molar-refractivity contribution >= 4 is 6.21 Å². The standard InChI is InChI=1S/C20H25NO2/c1-14(18(22)15-9-6-5-7-10-15)21-13-16-11-8-12-17(19(16)23)20(2,3)4/h5-14,18,22-23H,1-4H3. The maximum atomic E-state index is 10.4. The lowest BCUT2D eigenvalue weighted by Crippen LogP contribution is -2.13. The molecule has 0 spiro atoms. The number of benzene rings is 2.